The highest BCUT2D eigenvalue weighted by atomic mass is 35.5. The molecule has 0 aliphatic carbocycles. The Bertz CT molecular complexity index is 733. The van der Waals surface area contributed by atoms with Crippen LogP contribution in [0.1, 0.15) is 6.92 Å². The molecule has 1 aromatic rings. The van der Waals surface area contributed by atoms with Gasteiger partial charge >= 0.3 is 6.03 Å². The van der Waals surface area contributed by atoms with E-state index in [1.807, 2.05) is 0 Å². The van der Waals surface area contributed by atoms with Crippen molar-refractivity contribution in [3.8, 4) is 5.75 Å². The molecule has 24 heavy (non-hydrogen) atoms. The van der Waals surface area contributed by atoms with Crippen LogP contribution >= 0.6 is 23.2 Å². The highest BCUT2D eigenvalue weighted by Crippen LogP contribution is 2.31. The number of benzene rings is 1. The van der Waals surface area contributed by atoms with Crippen molar-refractivity contribution in [1.29, 1.82) is 0 Å². The van der Waals surface area contributed by atoms with Gasteiger partial charge < -0.3 is 26.4 Å². The Morgan fingerprint density at radius 3 is 2.83 bits per heavy atom. The number of nitrogens with one attached hydrogen (secondary N) is 3. The predicted molar refractivity (Wildman–Crippen MR) is 91.6 cm³/mol. The lowest BCUT2D eigenvalue weighted by atomic mass is 10.2. The molecule has 0 unspecified atom stereocenters. The van der Waals surface area contributed by atoms with Crippen LogP contribution in [0.5, 0.6) is 5.75 Å². The van der Waals surface area contributed by atoms with Crippen LogP contribution in [0.25, 0.3) is 0 Å². The number of amides is 3. The maximum atomic E-state index is 12.2. The maximum Gasteiger partial charge on any atom is 0.323 e. The molecule has 0 saturated carbocycles. The zero-order valence-corrected chi connectivity index (χ0v) is 14.3. The monoisotopic (exact) mass is 370 g/mol. The lowest BCUT2D eigenvalue weighted by molar-refractivity contribution is -0.118. The predicted octanol–water partition coefficient (Wildman–Crippen LogP) is 1.87. The van der Waals surface area contributed by atoms with E-state index in [4.69, 9.17) is 33.7 Å². The van der Waals surface area contributed by atoms with Crippen LogP contribution in [-0.4, -0.2) is 24.6 Å². The van der Waals surface area contributed by atoms with Crippen molar-refractivity contribution in [1.82, 2.24) is 16.0 Å². The second-order valence-electron chi connectivity index (χ2n) is 5.08. The number of hydrogen-bond acceptors (Lipinski definition) is 4. The Morgan fingerprint density at radius 2 is 2.12 bits per heavy atom. The van der Waals surface area contributed by atoms with E-state index in [-0.39, 0.29) is 29.7 Å². The van der Waals surface area contributed by atoms with Crippen LogP contribution in [0, 0.1) is 0 Å². The smallest absolute Gasteiger partial charge is 0.323 e. The summed E-state index contributed by atoms with van der Waals surface area (Å²) in [5, 5.41) is 8.05. The van der Waals surface area contributed by atoms with Crippen molar-refractivity contribution in [2.75, 3.05) is 6.61 Å². The van der Waals surface area contributed by atoms with Gasteiger partial charge in [-0.3, -0.25) is 4.79 Å². The topological polar surface area (TPSA) is 105 Å². The highest BCUT2D eigenvalue weighted by molar-refractivity contribution is 6.42. The molecule has 5 N–H and O–H groups in total. The van der Waals surface area contributed by atoms with Gasteiger partial charge in [-0.05, 0) is 19.1 Å². The molecule has 7 nitrogen and oxygen atoms in total. The van der Waals surface area contributed by atoms with E-state index >= 15 is 0 Å². The molecule has 2 rings (SSSR count). The van der Waals surface area contributed by atoms with Gasteiger partial charge in [0, 0.05) is 0 Å². The summed E-state index contributed by atoms with van der Waals surface area (Å²) >= 11 is 11.9. The number of hydrogen-bond donors (Lipinski definition) is 4. The third-order valence-corrected chi connectivity index (χ3v) is 3.91. The molecule has 1 heterocycles. The molecular formula is C15H16Cl2N4O3. The molecule has 0 radical (unpaired) electrons. The van der Waals surface area contributed by atoms with Gasteiger partial charge in [-0.15, -0.1) is 0 Å². The first-order valence-corrected chi connectivity index (χ1v) is 7.70. The molecule has 0 bridgehead atoms. The minimum absolute atomic E-state index is 0.0589. The molecule has 1 aromatic carbocycles. The average molecular weight is 371 g/mol. The van der Waals surface area contributed by atoms with Gasteiger partial charge in [0.05, 0.1) is 22.5 Å². The van der Waals surface area contributed by atoms with Crippen LogP contribution in [0.3, 0.4) is 0 Å². The van der Waals surface area contributed by atoms with Gasteiger partial charge in [0.25, 0.3) is 5.91 Å². The fraction of sp³-hybridized carbons (Fsp3) is 0.200. The molecule has 0 spiro atoms. The van der Waals surface area contributed by atoms with Gasteiger partial charge in [0.15, 0.2) is 0 Å². The molecule has 0 fully saturated rings. The molecule has 1 aliphatic heterocycles. The van der Waals surface area contributed by atoms with Crippen LogP contribution in [0.4, 0.5) is 4.79 Å². The van der Waals surface area contributed by atoms with Gasteiger partial charge in [-0.1, -0.05) is 35.8 Å². The van der Waals surface area contributed by atoms with Crippen LogP contribution in [0.15, 0.2) is 41.9 Å². The third kappa shape index (κ3) is 4.12. The Hall–Kier alpha value is -2.38. The molecule has 1 atom stereocenters. The fourth-order valence-electron chi connectivity index (χ4n) is 1.89. The highest BCUT2D eigenvalue weighted by Gasteiger charge is 2.24. The summed E-state index contributed by atoms with van der Waals surface area (Å²) in [5.41, 5.74) is 5.92. The standard InChI is InChI=1S/C15H16Cl2N4O3/c1-7(6-24-10-5-3-4-9(16)11(10)17)19-14(22)13-12(18)8(2)20-15(23)21-13/h3-5,7H,2,6,18H2,1H3,(H,19,22)(H2,20,21,23)/t7-/m1/s1. The Kier molecular flexibility index (Phi) is 5.58. The first kappa shape index (κ1) is 18.0. The number of nitrogens with two attached hydrogens (primary N) is 1. The molecule has 3 amide bonds. The quantitative estimate of drug-likeness (QED) is 0.634. The SMILES string of the molecule is C=C1NC(=O)NC(C(=O)N[C@H](C)COc2cccc(Cl)c2Cl)=C1N. The summed E-state index contributed by atoms with van der Waals surface area (Å²) < 4.78 is 5.54. The molecule has 0 aromatic heterocycles. The normalized spacial score (nSPS) is 15.5. The molecule has 9 heteroatoms. The van der Waals surface area contributed by atoms with Crippen molar-refractivity contribution in [3.63, 3.8) is 0 Å². The first-order chi connectivity index (χ1) is 11.3. The van der Waals surface area contributed by atoms with Gasteiger partial charge in [0.1, 0.15) is 23.1 Å². The van der Waals surface area contributed by atoms with Crippen LogP contribution in [-0.2, 0) is 4.79 Å². The summed E-state index contributed by atoms with van der Waals surface area (Å²) in [7, 11) is 0. The number of urea groups is 1. The zero-order valence-electron chi connectivity index (χ0n) is 12.8. The zero-order chi connectivity index (χ0) is 17.9. The van der Waals surface area contributed by atoms with E-state index in [1.54, 1.807) is 25.1 Å². The molecule has 1 aliphatic rings. The summed E-state index contributed by atoms with van der Waals surface area (Å²) in [6.45, 7) is 5.44. The van der Waals surface area contributed by atoms with E-state index in [9.17, 15) is 9.59 Å². The van der Waals surface area contributed by atoms with Gasteiger partial charge in [0.2, 0.25) is 0 Å². The number of carbonyl (C=O) groups is 2. The number of ether oxygens (including phenoxy) is 1. The second-order valence-corrected chi connectivity index (χ2v) is 5.87. The molecular weight excluding hydrogens is 355 g/mol. The minimum Gasteiger partial charge on any atom is -0.490 e. The Balaban J connectivity index is 1.97. The minimum atomic E-state index is -0.575. The summed E-state index contributed by atoms with van der Waals surface area (Å²) in [6.07, 6.45) is 0. The fourth-order valence-corrected chi connectivity index (χ4v) is 2.24. The first-order valence-electron chi connectivity index (χ1n) is 6.94. The maximum absolute atomic E-state index is 12.2. The number of carbonyl (C=O) groups excluding carboxylic acids is 2. The Morgan fingerprint density at radius 1 is 1.42 bits per heavy atom. The average Bonchev–Trinajstić information content (AvgIpc) is 2.52. The van der Waals surface area contributed by atoms with Crippen molar-refractivity contribution >= 4 is 35.1 Å². The Labute approximate surface area is 148 Å². The largest absolute Gasteiger partial charge is 0.490 e. The van der Waals surface area contributed by atoms with Gasteiger partial charge in [-0.25, -0.2) is 4.79 Å². The number of halogens is 2. The van der Waals surface area contributed by atoms with E-state index in [0.717, 1.165) is 0 Å². The van der Waals surface area contributed by atoms with Crippen molar-refractivity contribution in [2.24, 2.45) is 5.73 Å². The van der Waals surface area contributed by atoms with E-state index < -0.39 is 11.9 Å². The summed E-state index contributed by atoms with van der Waals surface area (Å²) in [5.74, 6) is -0.135. The lowest BCUT2D eigenvalue weighted by Gasteiger charge is -2.22. The summed E-state index contributed by atoms with van der Waals surface area (Å²) in [6, 6.07) is 4.06. The van der Waals surface area contributed by atoms with E-state index in [2.05, 4.69) is 22.5 Å². The van der Waals surface area contributed by atoms with E-state index in [0.29, 0.717) is 15.8 Å². The van der Waals surface area contributed by atoms with Crippen LogP contribution in [0.2, 0.25) is 10.0 Å². The van der Waals surface area contributed by atoms with E-state index in [1.165, 1.54) is 0 Å². The summed E-state index contributed by atoms with van der Waals surface area (Å²) in [4.78, 5) is 23.6. The van der Waals surface area contributed by atoms with Crippen molar-refractivity contribution in [2.45, 2.75) is 13.0 Å². The van der Waals surface area contributed by atoms with Crippen molar-refractivity contribution < 1.29 is 14.3 Å². The number of rotatable bonds is 5. The van der Waals surface area contributed by atoms with Crippen LogP contribution < -0.4 is 26.4 Å². The van der Waals surface area contributed by atoms with Gasteiger partial charge in [-0.2, -0.15) is 0 Å². The molecule has 0 saturated heterocycles. The molecule has 128 valence electrons. The van der Waals surface area contributed by atoms with Crippen molar-refractivity contribution in [3.05, 3.63) is 51.9 Å². The second kappa shape index (κ2) is 7.46. The third-order valence-electron chi connectivity index (χ3n) is 3.11. The lowest BCUT2D eigenvalue weighted by Crippen LogP contribution is -2.49.